The minimum atomic E-state index is 0.0108. The van der Waals surface area contributed by atoms with Crippen LogP contribution in [0.5, 0.6) is 0 Å². The number of nitrogens with zero attached hydrogens (tertiary/aromatic N) is 4. The monoisotopic (exact) mass is 350 g/mol. The lowest BCUT2D eigenvalue weighted by Gasteiger charge is -2.32. The van der Waals surface area contributed by atoms with Crippen LogP contribution >= 0.6 is 0 Å². The van der Waals surface area contributed by atoms with Crippen LogP contribution in [0, 0.1) is 12.8 Å². The SMILES string of the molecule is Cc1nc(C(=O)N2CCc3ccccc3C2)cc(N2CCC(C)CC2)n1. The Morgan fingerprint density at radius 2 is 1.81 bits per heavy atom. The van der Waals surface area contributed by atoms with E-state index >= 15 is 0 Å². The summed E-state index contributed by atoms with van der Waals surface area (Å²) in [6.45, 7) is 7.58. The van der Waals surface area contributed by atoms with Crippen LogP contribution in [-0.2, 0) is 13.0 Å². The molecule has 0 N–H and O–H groups in total. The van der Waals surface area contributed by atoms with Gasteiger partial charge < -0.3 is 9.80 Å². The highest BCUT2D eigenvalue weighted by Gasteiger charge is 2.24. The highest BCUT2D eigenvalue weighted by molar-refractivity contribution is 5.93. The van der Waals surface area contributed by atoms with Crippen molar-refractivity contribution in [2.75, 3.05) is 24.5 Å². The van der Waals surface area contributed by atoms with Gasteiger partial charge in [0.1, 0.15) is 17.3 Å². The maximum Gasteiger partial charge on any atom is 0.272 e. The second kappa shape index (κ2) is 7.06. The van der Waals surface area contributed by atoms with E-state index in [4.69, 9.17) is 0 Å². The van der Waals surface area contributed by atoms with Crippen LogP contribution in [0.1, 0.15) is 47.2 Å². The number of benzene rings is 1. The van der Waals surface area contributed by atoms with Crippen LogP contribution in [0.25, 0.3) is 0 Å². The summed E-state index contributed by atoms with van der Waals surface area (Å²) in [5, 5.41) is 0. The Balaban J connectivity index is 1.55. The Morgan fingerprint density at radius 3 is 2.58 bits per heavy atom. The summed E-state index contributed by atoms with van der Waals surface area (Å²) in [5.41, 5.74) is 3.10. The third-order valence-electron chi connectivity index (χ3n) is 5.57. The molecule has 1 aromatic heterocycles. The molecule has 1 amide bonds. The number of piperidine rings is 1. The lowest BCUT2D eigenvalue weighted by atomic mass is 9.99. The maximum absolute atomic E-state index is 13.1. The normalized spacial score (nSPS) is 17.9. The second-order valence-corrected chi connectivity index (χ2v) is 7.57. The fourth-order valence-electron chi connectivity index (χ4n) is 3.89. The number of fused-ring (bicyclic) bond motifs is 1. The Kier molecular flexibility index (Phi) is 4.62. The molecule has 2 aliphatic heterocycles. The summed E-state index contributed by atoms with van der Waals surface area (Å²) in [7, 11) is 0. The molecule has 4 rings (SSSR count). The molecule has 0 bridgehead atoms. The fourth-order valence-corrected chi connectivity index (χ4v) is 3.89. The number of aromatic nitrogens is 2. The number of hydrogen-bond donors (Lipinski definition) is 0. The first-order chi connectivity index (χ1) is 12.6. The second-order valence-electron chi connectivity index (χ2n) is 7.57. The van der Waals surface area contributed by atoms with Gasteiger partial charge in [0, 0.05) is 32.2 Å². The Bertz CT molecular complexity index is 811. The predicted molar refractivity (Wildman–Crippen MR) is 102 cm³/mol. The van der Waals surface area contributed by atoms with Gasteiger partial charge in [-0.3, -0.25) is 4.79 Å². The Labute approximate surface area is 155 Å². The predicted octanol–water partition coefficient (Wildman–Crippen LogP) is 3.22. The van der Waals surface area contributed by atoms with Crippen molar-refractivity contribution < 1.29 is 4.79 Å². The molecule has 0 atom stereocenters. The zero-order valence-electron chi connectivity index (χ0n) is 15.6. The zero-order chi connectivity index (χ0) is 18.1. The minimum Gasteiger partial charge on any atom is -0.356 e. The highest BCUT2D eigenvalue weighted by atomic mass is 16.2. The number of rotatable bonds is 2. The standard InChI is InChI=1S/C21H26N4O/c1-15-7-10-24(11-8-15)20-13-19(22-16(2)23-20)21(26)25-12-9-17-5-3-4-6-18(17)14-25/h3-6,13,15H,7-12,14H2,1-2H3. The molecule has 5 heteroatoms. The van der Waals surface area contributed by atoms with Gasteiger partial charge in [0.05, 0.1) is 0 Å². The first kappa shape index (κ1) is 17.0. The number of carbonyl (C=O) groups is 1. The average molecular weight is 350 g/mol. The molecule has 136 valence electrons. The van der Waals surface area contributed by atoms with E-state index in [0.29, 0.717) is 18.1 Å². The van der Waals surface area contributed by atoms with E-state index in [1.165, 1.54) is 24.0 Å². The van der Waals surface area contributed by atoms with Crippen molar-refractivity contribution in [1.29, 1.82) is 0 Å². The molecule has 2 aromatic rings. The maximum atomic E-state index is 13.1. The van der Waals surface area contributed by atoms with E-state index in [-0.39, 0.29) is 5.91 Å². The molecule has 26 heavy (non-hydrogen) atoms. The fraction of sp³-hybridized carbons (Fsp3) is 0.476. The van der Waals surface area contributed by atoms with Gasteiger partial charge in [0.25, 0.3) is 5.91 Å². The highest BCUT2D eigenvalue weighted by Crippen LogP contribution is 2.24. The molecule has 5 nitrogen and oxygen atoms in total. The zero-order valence-corrected chi connectivity index (χ0v) is 15.6. The Hall–Kier alpha value is -2.43. The van der Waals surface area contributed by atoms with Crippen LogP contribution in [0.4, 0.5) is 5.82 Å². The molecule has 1 saturated heterocycles. The van der Waals surface area contributed by atoms with Gasteiger partial charge in [-0.2, -0.15) is 0 Å². The molecule has 1 aromatic carbocycles. The van der Waals surface area contributed by atoms with Crippen LogP contribution in [0.15, 0.2) is 30.3 Å². The van der Waals surface area contributed by atoms with Crippen LogP contribution in [0.3, 0.4) is 0 Å². The van der Waals surface area contributed by atoms with E-state index in [2.05, 4.69) is 40.0 Å². The van der Waals surface area contributed by atoms with Gasteiger partial charge >= 0.3 is 0 Å². The van der Waals surface area contributed by atoms with Crippen LogP contribution in [0.2, 0.25) is 0 Å². The van der Waals surface area contributed by atoms with Crippen LogP contribution in [-0.4, -0.2) is 40.4 Å². The molecule has 0 radical (unpaired) electrons. The van der Waals surface area contributed by atoms with E-state index in [1.54, 1.807) is 0 Å². The minimum absolute atomic E-state index is 0.0108. The number of amides is 1. The van der Waals surface area contributed by atoms with E-state index < -0.39 is 0 Å². The van der Waals surface area contributed by atoms with E-state index in [9.17, 15) is 4.79 Å². The average Bonchev–Trinajstić information content (AvgIpc) is 2.67. The first-order valence-corrected chi connectivity index (χ1v) is 9.57. The van der Waals surface area contributed by atoms with Crippen molar-refractivity contribution >= 4 is 11.7 Å². The van der Waals surface area contributed by atoms with Gasteiger partial charge in [-0.05, 0) is 43.2 Å². The van der Waals surface area contributed by atoms with E-state index in [0.717, 1.165) is 37.8 Å². The molecule has 1 fully saturated rings. The number of hydrogen-bond acceptors (Lipinski definition) is 4. The molecule has 0 spiro atoms. The molecule has 3 heterocycles. The molecular weight excluding hydrogens is 324 g/mol. The van der Waals surface area contributed by atoms with Crippen molar-refractivity contribution in [2.24, 2.45) is 5.92 Å². The number of anilines is 1. The smallest absolute Gasteiger partial charge is 0.272 e. The van der Waals surface area contributed by atoms with Crippen LogP contribution < -0.4 is 4.90 Å². The first-order valence-electron chi connectivity index (χ1n) is 9.57. The summed E-state index contributed by atoms with van der Waals surface area (Å²) in [4.78, 5) is 26.3. The summed E-state index contributed by atoms with van der Waals surface area (Å²) >= 11 is 0. The van der Waals surface area contributed by atoms with Gasteiger partial charge in [-0.1, -0.05) is 31.2 Å². The molecule has 2 aliphatic rings. The van der Waals surface area contributed by atoms with Crippen molar-refractivity contribution in [3.8, 4) is 0 Å². The van der Waals surface area contributed by atoms with Gasteiger partial charge in [-0.15, -0.1) is 0 Å². The lowest BCUT2D eigenvalue weighted by molar-refractivity contribution is 0.0728. The quantitative estimate of drug-likeness (QED) is 0.834. The molecule has 0 unspecified atom stereocenters. The molecule has 0 aliphatic carbocycles. The van der Waals surface area contributed by atoms with Gasteiger partial charge in [0.2, 0.25) is 0 Å². The summed E-state index contributed by atoms with van der Waals surface area (Å²) in [6, 6.07) is 10.3. The summed E-state index contributed by atoms with van der Waals surface area (Å²) in [6.07, 6.45) is 3.26. The summed E-state index contributed by atoms with van der Waals surface area (Å²) < 4.78 is 0. The van der Waals surface area contributed by atoms with Crippen molar-refractivity contribution in [2.45, 2.75) is 39.7 Å². The molecule has 0 saturated carbocycles. The summed E-state index contributed by atoms with van der Waals surface area (Å²) in [5.74, 6) is 2.34. The lowest BCUT2D eigenvalue weighted by Crippen LogP contribution is -2.37. The largest absolute Gasteiger partial charge is 0.356 e. The van der Waals surface area contributed by atoms with E-state index in [1.807, 2.05) is 24.0 Å². The van der Waals surface area contributed by atoms with Crippen molar-refractivity contribution in [3.05, 3.63) is 53.0 Å². The van der Waals surface area contributed by atoms with Gasteiger partial charge in [0.15, 0.2) is 0 Å². The van der Waals surface area contributed by atoms with Gasteiger partial charge in [-0.25, -0.2) is 9.97 Å². The number of carbonyl (C=O) groups excluding carboxylic acids is 1. The van der Waals surface area contributed by atoms with Crippen molar-refractivity contribution in [1.82, 2.24) is 14.9 Å². The van der Waals surface area contributed by atoms with Crippen molar-refractivity contribution in [3.63, 3.8) is 0 Å². The third kappa shape index (κ3) is 3.43. The topological polar surface area (TPSA) is 49.3 Å². The third-order valence-corrected chi connectivity index (χ3v) is 5.57. The Morgan fingerprint density at radius 1 is 1.08 bits per heavy atom. The molecular formula is C21H26N4O. The number of aryl methyl sites for hydroxylation is 1.